The number of hydrogen-bond acceptors (Lipinski definition) is 6. The first-order valence-corrected chi connectivity index (χ1v) is 9.88. The third-order valence-electron chi connectivity index (χ3n) is 4.97. The van der Waals surface area contributed by atoms with Crippen molar-refractivity contribution >= 4 is 0 Å². The summed E-state index contributed by atoms with van der Waals surface area (Å²) >= 11 is 0. The molecule has 3 N–H and O–H groups in total. The third-order valence-corrected chi connectivity index (χ3v) is 4.97. The first-order valence-electron chi connectivity index (χ1n) is 9.88. The second kappa shape index (κ2) is 8.40. The van der Waals surface area contributed by atoms with Gasteiger partial charge in [0, 0.05) is 5.56 Å². The molecule has 0 amide bonds. The van der Waals surface area contributed by atoms with Gasteiger partial charge in [-0.1, -0.05) is 6.07 Å². The van der Waals surface area contributed by atoms with Crippen LogP contribution in [0.4, 0.5) is 4.39 Å². The van der Waals surface area contributed by atoms with Crippen molar-refractivity contribution in [1.82, 2.24) is 10.2 Å². The summed E-state index contributed by atoms with van der Waals surface area (Å²) in [5.41, 5.74) is 9.03. The van der Waals surface area contributed by atoms with Gasteiger partial charge >= 0.3 is 0 Å². The number of nitrogens with two attached hydrogens (primary N) is 1. The molecular weight excluding hydrogens is 399 g/mol. The third kappa shape index (κ3) is 3.66. The molecule has 0 saturated carbocycles. The highest BCUT2D eigenvalue weighted by molar-refractivity contribution is 5.71. The monoisotopic (exact) mass is 420 g/mol. The fourth-order valence-electron chi connectivity index (χ4n) is 3.66. The summed E-state index contributed by atoms with van der Waals surface area (Å²) < 4.78 is 30.5. The molecule has 31 heavy (non-hydrogen) atoms. The van der Waals surface area contributed by atoms with Crippen LogP contribution in [0.2, 0.25) is 0 Å². The van der Waals surface area contributed by atoms with Crippen LogP contribution in [0.15, 0.2) is 53.9 Å². The lowest BCUT2D eigenvalue weighted by Gasteiger charge is -2.25. The molecule has 0 aliphatic carbocycles. The standard InChI is InChI=1S/C23H21FN4O3/c1-3-29-17-10-7-14(11-18(17)30-4-2)19-16(12-25)22(26)31-23-20(19)21(27-28-23)13-5-8-15(24)9-6-13/h5-11,19H,3-4,26H2,1-2H3,(H,27,28)/t19-/m0/s1. The van der Waals surface area contributed by atoms with Gasteiger partial charge in [-0.05, 0) is 55.8 Å². The molecule has 0 unspecified atom stereocenters. The molecule has 1 aliphatic rings. The Kier molecular flexibility index (Phi) is 5.50. The number of aromatic amines is 1. The van der Waals surface area contributed by atoms with Crippen LogP contribution in [-0.2, 0) is 0 Å². The summed E-state index contributed by atoms with van der Waals surface area (Å²) in [5, 5.41) is 17.0. The maximum Gasteiger partial charge on any atom is 0.244 e. The van der Waals surface area contributed by atoms with Gasteiger partial charge in [-0.2, -0.15) is 5.26 Å². The van der Waals surface area contributed by atoms with E-state index >= 15 is 0 Å². The predicted octanol–water partition coefficient (Wildman–Crippen LogP) is 4.23. The fourth-order valence-corrected chi connectivity index (χ4v) is 3.66. The molecule has 7 nitrogen and oxygen atoms in total. The quantitative estimate of drug-likeness (QED) is 0.618. The lowest BCUT2D eigenvalue weighted by atomic mass is 9.83. The van der Waals surface area contributed by atoms with Crippen molar-refractivity contribution in [2.75, 3.05) is 13.2 Å². The summed E-state index contributed by atoms with van der Waals surface area (Å²) in [7, 11) is 0. The topological polar surface area (TPSA) is 106 Å². The lowest BCUT2D eigenvalue weighted by Crippen LogP contribution is -2.21. The van der Waals surface area contributed by atoms with Gasteiger partial charge in [0.2, 0.25) is 11.8 Å². The molecular formula is C23H21FN4O3. The molecule has 2 aromatic carbocycles. The highest BCUT2D eigenvalue weighted by Gasteiger charge is 2.36. The number of ether oxygens (including phenoxy) is 3. The molecule has 0 bridgehead atoms. The maximum absolute atomic E-state index is 13.5. The number of rotatable bonds is 6. The maximum atomic E-state index is 13.5. The number of aromatic nitrogens is 2. The van der Waals surface area contributed by atoms with Crippen molar-refractivity contribution in [1.29, 1.82) is 5.26 Å². The molecule has 1 aliphatic heterocycles. The molecule has 158 valence electrons. The largest absolute Gasteiger partial charge is 0.490 e. The van der Waals surface area contributed by atoms with E-state index in [0.29, 0.717) is 41.5 Å². The van der Waals surface area contributed by atoms with Crippen LogP contribution in [0.3, 0.4) is 0 Å². The van der Waals surface area contributed by atoms with Gasteiger partial charge in [0.05, 0.1) is 30.4 Å². The first kappa shape index (κ1) is 20.3. The summed E-state index contributed by atoms with van der Waals surface area (Å²) in [6.07, 6.45) is 0. The molecule has 0 spiro atoms. The SMILES string of the molecule is CCOc1ccc([C@H]2C(C#N)=C(N)Oc3n[nH]c(-c4ccc(F)cc4)c32)cc1OCC. The zero-order valence-electron chi connectivity index (χ0n) is 17.1. The smallest absolute Gasteiger partial charge is 0.244 e. The number of benzene rings is 2. The zero-order valence-corrected chi connectivity index (χ0v) is 17.1. The Balaban J connectivity index is 1.90. The minimum Gasteiger partial charge on any atom is -0.490 e. The van der Waals surface area contributed by atoms with E-state index in [1.54, 1.807) is 12.1 Å². The Labute approximate surface area is 178 Å². The van der Waals surface area contributed by atoms with Gasteiger partial charge in [-0.15, -0.1) is 5.10 Å². The Morgan fingerprint density at radius 2 is 1.84 bits per heavy atom. The van der Waals surface area contributed by atoms with E-state index in [2.05, 4.69) is 16.3 Å². The van der Waals surface area contributed by atoms with Crippen LogP contribution in [0.5, 0.6) is 17.4 Å². The van der Waals surface area contributed by atoms with E-state index in [0.717, 1.165) is 5.56 Å². The van der Waals surface area contributed by atoms with Crippen molar-refractivity contribution in [2.45, 2.75) is 19.8 Å². The van der Waals surface area contributed by atoms with Crippen LogP contribution >= 0.6 is 0 Å². The van der Waals surface area contributed by atoms with Crippen molar-refractivity contribution in [2.24, 2.45) is 5.73 Å². The second-order valence-electron chi connectivity index (χ2n) is 6.82. The Morgan fingerprint density at radius 1 is 1.13 bits per heavy atom. The van der Waals surface area contributed by atoms with Gasteiger partial charge in [0.1, 0.15) is 17.5 Å². The molecule has 0 radical (unpaired) electrons. The van der Waals surface area contributed by atoms with Crippen LogP contribution in [0.25, 0.3) is 11.3 Å². The van der Waals surface area contributed by atoms with E-state index in [1.807, 2.05) is 32.0 Å². The van der Waals surface area contributed by atoms with Gasteiger partial charge in [-0.3, -0.25) is 5.10 Å². The van der Waals surface area contributed by atoms with Crippen molar-refractivity contribution in [3.05, 3.63) is 70.9 Å². The molecule has 4 rings (SSSR count). The lowest BCUT2D eigenvalue weighted by molar-refractivity contribution is 0.287. The molecule has 1 aromatic heterocycles. The van der Waals surface area contributed by atoms with E-state index in [1.165, 1.54) is 12.1 Å². The van der Waals surface area contributed by atoms with Crippen LogP contribution in [0.1, 0.15) is 30.9 Å². The average Bonchev–Trinajstić information content (AvgIpc) is 3.18. The first-order chi connectivity index (χ1) is 15.1. The number of fused-ring (bicyclic) bond motifs is 1. The van der Waals surface area contributed by atoms with Crippen LogP contribution in [-0.4, -0.2) is 23.4 Å². The fraction of sp³-hybridized carbons (Fsp3) is 0.217. The summed E-state index contributed by atoms with van der Waals surface area (Å²) in [5.74, 6) is 0.540. The number of nitriles is 1. The average molecular weight is 420 g/mol. The van der Waals surface area contributed by atoms with Crippen molar-refractivity contribution in [3.63, 3.8) is 0 Å². The molecule has 0 saturated heterocycles. The van der Waals surface area contributed by atoms with Gasteiger partial charge < -0.3 is 19.9 Å². The number of nitrogens with zero attached hydrogens (tertiary/aromatic N) is 2. The molecule has 3 aromatic rings. The summed E-state index contributed by atoms with van der Waals surface area (Å²) in [6.45, 7) is 4.73. The molecule has 1 atom stereocenters. The molecule has 0 fully saturated rings. The zero-order chi connectivity index (χ0) is 22.0. The normalized spacial score (nSPS) is 15.1. The highest BCUT2D eigenvalue weighted by atomic mass is 19.1. The second-order valence-corrected chi connectivity index (χ2v) is 6.82. The van der Waals surface area contributed by atoms with Crippen LogP contribution < -0.4 is 19.9 Å². The van der Waals surface area contributed by atoms with Gasteiger partial charge in [0.25, 0.3) is 0 Å². The Morgan fingerprint density at radius 3 is 2.52 bits per heavy atom. The number of halogens is 1. The molecule has 8 heteroatoms. The minimum atomic E-state index is -0.553. The number of hydrogen-bond donors (Lipinski definition) is 2. The van der Waals surface area contributed by atoms with Crippen LogP contribution in [0, 0.1) is 17.1 Å². The number of nitrogens with one attached hydrogen (secondary N) is 1. The van der Waals surface area contributed by atoms with E-state index < -0.39 is 5.92 Å². The summed E-state index contributed by atoms with van der Waals surface area (Å²) in [6, 6.07) is 13.7. The van der Waals surface area contributed by atoms with E-state index in [9.17, 15) is 9.65 Å². The molecule has 2 heterocycles. The van der Waals surface area contributed by atoms with Crippen molar-refractivity contribution < 1.29 is 18.6 Å². The number of H-pyrrole nitrogens is 1. The predicted molar refractivity (Wildman–Crippen MR) is 112 cm³/mol. The van der Waals surface area contributed by atoms with E-state index in [4.69, 9.17) is 19.9 Å². The number of allylic oxidation sites excluding steroid dienone is 1. The Bertz CT molecular complexity index is 1180. The summed E-state index contributed by atoms with van der Waals surface area (Å²) in [4.78, 5) is 0. The van der Waals surface area contributed by atoms with Crippen molar-refractivity contribution in [3.8, 4) is 34.7 Å². The Hall–Kier alpha value is -3.99. The minimum absolute atomic E-state index is 0.0102. The van der Waals surface area contributed by atoms with Gasteiger partial charge in [-0.25, -0.2) is 4.39 Å². The van der Waals surface area contributed by atoms with Gasteiger partial charge in [0.15, 0.2) is 11.5 Å². The van der Waals surface area contributed by atoms with E-state index in [-0.39, 0.29) is 23.2 Å². The highest BCUT2D eigenvalue weighted by Crippen LogP contribution is 2.47.